The Hall–Kier alpha value is -0.260. The van der Waals surface area contributed by atoms with E-state index in [9.17, 15) is 0 Å². The zero-order valence-corrected chi connectivity index (χ0v) is 14.7. The predicted molar refractivity (Wildman–Crippen MR) is 92.5 cm³/mol. The highest BCUT2D eigenvalue weighted by Crippen LogP contribution is 2.76. The lowest BCUT2D eigenvalue weighted by Gasteiger charge is -2.55. The molecule has 0 bridgehead atoms. The lowest BCUT2D eigenvalue weighted by molar-refractivity contribution is -0.0501. The monoisotopic (exact) mass is 298 g/mol. The van der Waals surface area contributed by atoms with Crippen LogP contribution in [0.4, 0.5) is 0 Å². The summed E-state index contributed by atoms with van der Waals surface area (Å²) in [6.07, 6.45) is 15.3. The molecule has 0 N–H and O–H groups in total. The van der Waals surface area contributed by atoms with Crippen LogP contribution in [0.2, 0.25) is 0 Å². The fraction of sp³-hybridized carbons (Fsp3) is 0.909. The van der Waals surface area contributed by atoms with Gasteiger partial charge in [-0.3, -0.25) is 0 Å². The summed E-state index contributed by atoms with van der Waals surface area (Å²) in [5.74, 6) is 6.40. The van der Waals surface area contributed by atoms with Crippen molar-refractivity contribution >= 4 is 0 Å². The first kappa shape index (κ1) is 14.1. The average Bonchev–Trinajstić information content (AvgIpc) is 2.91. The summed E-state index contributed by atoms with van der Waals surface area (Å²) >= 11 is 0. The molecule has 0 aromatic heterocycles. The largest absolute Gasteiger partial charge is 0.0996 e. The minimum atomic E-state index is 0.611. The molecule has 0 aromatic rings. The van der Waals surface area contributed by atoms with Gasteiger partial charge in [0.15, 0.2) is 0 Å². The Bertz CT molecular complexity index is 504. The molecule has 22 heavy (non-hydrogen) atoms. The molecule has 0 aliphatic heterocycles. The summed E-state index contributed by atoms with van der Waals surface area (Å²) in [4.78, 5) is 0. The first-order valence-electron chi connectivity index (χ1n) is 10.3. The van der Waals surface area contributed by atoms with Gasteiger partial charge in [-0.2, -0.15) is 0 Å². The standard InChI is InChI=1S/C22H34/c1-4-14(2)18-7-8-19-16-10-12-22-13-15(22)5-6-20(22)17(16)9-11-21(18,19)3/h15-20H,2,4-13H2,1,3H3. The fourth-order valence-corrected chi connectivity index (χ4v) is 8.63. The molecule has 0 heterocycles. The van der Waals surface area contributed by atoms with Crippen molar-refractivity contribution < 1.29 is 0 Å². The third-order valence-corrected chi connectivity index (χ3v) is 9.74. The second-order valence-corrected chi connectivity index (χ2v) is 9.98. The minimum Gasteiger partial charge on any atom is -0.0996 e. The van der Waals surface area contributed by atoms with Crippen LogP contribution in [0.25, 0.3) is 0 Å². The molecular weight excluding hydrogens is 264 g/mol. The molecule has 0 saturated heterocycles. The average molecular weight is 299 g/mol. The van der Waals surface area contributed by atoms with Gasteiger partial charge in [0.1, 0.15) is 0 Å². The molecule has 5 aliphatic rings. The van der Waals surface area contributed by atoms with Gasteiger partial charge in [0, 0.05) is 0 Å². The van der Waals surface area contributed by atoms with E-state index in [1.807, 2.05) is 0 Å². The van der Waals surface area contributed by atoms with Crippen molar-refractivity contribution in [3.63, 3.8) is 0 Å². The molecule has 5 rings (SSSR count). The molecule has 5 aliphatic carbocycles. The van der Waals surface area contributed by atoms with Gasteiger partial charge in [-0.15, -0.1) is 0 Å². The van der Waals surface area contributed by atoms with Gasteiger partial charge in [0.2, 0.25) is 0 Å². The second-order valence-electron chi connectivity index (χ2n) is 9.98. The fourth-order valence-electron chi connectivity index (χ4n) is 8.63. The van der Waals surface area contributed by atoms with E-state index < -0.39 is 0 Å². The maximum Gasteiger partial charge on any atom is -0.0149 e. The normalized spacial score (nSPS) is 58.5. The molecule has 1 spiro atoms. The third kappa shape index (κ3) is 1.56. The van der Waals surface area contributed by atoms with Crippen molar-refractivity contribution in [2.45, 2.75) is 78.1 Å². The van der Waals surface area contributed by atoms with Crippen molar-refractivity contribution in [3.05, 3.63) is 12.2 Å². The summed E-state index contributed by atoms with van der Waals surface area (Å²) < 4.78 is 0. The summed E-state index contributed by atoms with van der Waals surface area (Å²) in [7, 11) is 0. The van der Waals surface area contributed by atoms with Crippen LogP contribution in [0.1, 0.15) is 78.1 Å². The van der Waals surface area contributed by atoms with E-state index in [0.29, 0.717) is 5.41 Å². The minimum absolute atomic E-state index is 0.611. The van der Waals surface area contributed by atoms with Crippen LogP contribution >= 0.6 is 0 Å². The van der Waals surface area contributed by atoms with Crippen LogP contribution in [0.5, 0.6) is 0 Å². The second kappa shape index (κ2) is 4.42. The molecule has 0 radical (unpaired) electrons. The smallest absolute Gasteiger partial charge is 0.0149 e. The Morgan fingerprint density at radius 2 is 1.68 bits per heavy atom. The van der Waals surface area contributed by atoms with Gasteiger partial charge in [0.05, 0.1) is 0 Å². The molecule has 122 valence electrons. The van der Waals surface area contributed by atoms with Gasteiger partial charge in [-0.1, -0.05) is 26.0 Å². The Labute approximate surface area is 137 Å². The molecule has 8 unspecified atom stereocenters. The predicted octanol–water partition coefficient (Wildman–Crippen LogP) is 6.22. The van der Waals surface area contributed by atoms with Crippen molar-refractivity contribution in [2.75, 3.05) is 0 Å². The molecule has 5 saturated carbocycles. The van der Waals surface area contributed by atoms with Gasteiger partial charge in [-0.25, -0.2) is 0 Å². The van der Waals surface area contributed by atoms with E-state index in [0.717, 1.165) is 35.0 Å². The first-order chi connectivity index (χ1) is 10.6. The molecule has 0 nitrogen and oxygen atoms in total. The van der Waals surface area contributed by atoms with Crippen LogP contribution < -0.4 is 0 Å². The van der Waals surface area contributed by atoms with Crippen LogP contribution in [0.15, 0.2) is 12.2 Å². The molecule has 0 amide bonds. The van der Waals surface area contributed by atoms with Crippen LogP contribution in [0.3, 0.4) is 0 Å². The summed E-state index contributed by atoms with van der Waals surface area (Å²) in [6, 6.07) is 0. The van der Waals surface area contributed by atoms with Gasteiger partial charge in [0.25, 0.3) is 0 Å². The first-order valence-corrected chi connectivity index (χ1v) is 10.3. The number of fused-ring (bicyclic) bond motifs is 4. The van der Waals surface area contributed by atoms with Crippen molar-refractivity contribution in [1.29, 1.82) is 0 Å². The number of hydrogen-bond donors (Lipinski definition) is 0. The summed E-state index contributed by atoms with van der Waals surface area (Å²) in [6.45, 7) is 9.44. The van der Waals surface area contributed by atoms with E-state index in [4.69, 9.17) is 0 Å². The molecule has 0 aromatic carbocycles. The summed E-state index contributed by atoms with van der Waals surface area (Å²) in [5, 5.41) is 0. The van der Waals surface area contributed by atoms with E-state index in [-0.39, 0.29) is 0 Å². The Kier molecular flexibility index (Phi) is 2.84. The van der Waals surface area contributed by atoms with Gasteiger partial charge in [-0.05, 0) is 111 Å². The molecule has 5 fully saturated rings. The molecular formula is C22H34. The Balaban J connectivity index is 1.43. The quantitative estimate of drug-likeness (QED) is 0.531. The van der Waals surface area contributed by atoms with E-state index in [1.165, 1.54) is 31.6 Å². The maximum absolute atomic E-state index is 4.47. The van der Waals surface area contributed by atoms with Crippen molar-refractivity contribution in [1.82, 2.24) is 0 Å². The van der Waals surface area contributed by atoms with Gasteiger partial charge >= 0.3 is 0 Å². The van der Waals surface area contributed by atoms with Crippen molar-refractivity contribution in [2.24, 2.45) is 46.3 Å². The van der Waals surface area contributed by atoms with Crippen LogP contribution in [-0.4, -0.2) is 0 Å². The van der Waals surface area contributed by atoms with E-state index >= 15 is 0 Å². The number of rotatable bonds is 2. The summed E-state index contributed by atoms with van der Waals surface area (Å²) in [5.41, 5.74) is 3.07. The number of hydrogen-bond acceptors (Lipinski definition) is 0. The maximum atomic E-state index is 4.47. The topological polar surface area (TPSA) is 0 Å². The highest BCUT2D eigenvalue weighted by molar-refractivity contribution is 5.19. The van der Waals surface area contributed by atoms with E-state index in [2.05, 4.69) is 20.4 Å². The molecule has 0 heteroatoms. The lowest BCUT2D eigenvalue weighted by atomic mass is 9.50. The highest BCUT2D eigenvalue weighted by Gasteiger charge is 2.68. The highest BCUT2D eigenvalue weighted by atomic mass is 14.7. The SMILES string of the molecule is C=C(CC)C1CCC2C3CCC45CC4CCC5C3CCC12C. The molecule has 8 atom stereocenters. The van der Waals surface area contributed by atoms with E-state index in [1.54, 1.807) is 44.1 Å². The third-order valence-electron chi connectivity index (χ3n) is 9.74. The van der Waals surface area contributed by atoms with Crippen LogP contribution in [0, 0.1) is 46.3 Å². The lowest BCUT2D eigenvalue weighted by Crippen LogP contribution is -2.47. The van der Waals surface area contributed by atoms with Crippen molar-refractivity contribution in [3.8, 4) is 0 Å². The Morgan fingerprint density at radius 1 is 0.955 bits per heavy atom. The Morgan fingerprint density at radius 3 is 2.45 bits per heavy atom. The zero-order chi connectivity index (χ0) is 15.1. The van der Waals surface area contributed by atoms with Gasteiger partial charge < -0.3 is 0 Å². The number of allylic oxidation sites excluding steroid dienone is 1. The zero-order valence-electron chi connectivity index (χ0n) is 14.7. The van der Waals surface area contributed by atoms with Crippen LogP contribution in [-0.2, 0) is 0 Å².